The van der Waals surface area contributed by atoms with Crippen molar-refractivity contribution in [3.63, 3.8) is 0 Å². The Hall–Kier alpha value is -1.47. The number of nitrogens with one attached hydrogen (secondary N) is 1. The van der Waals surface area contributed by atoms with Crippen LogP contribution in [0.15, 0.2) is 24.3 Å². The molecule has 3 unspecified atom stereocenters. The fourth-order valence-corrected chi connectivity index (χ4v) is 4.91. The Balaban J connectivity index is 1.65. The number of hydrogen-bond donors (Lipinski definition) is 1. The molecule has 1 fully saturated rings. The van der Waals surface area contributed by atoms with E-state index in [-0.39, 0.29) is 18.1 Å². The molecule has 0 radical (unpaired) electrons. The SMILES string of the molecule is O=C(NC1CS(=O)(=O)CC1Cl)C1COc2ccccc2O1. The lowest BCUT2D eigenvalue weighted by atomic mass is 10.2. The summed E-state index contributed by atoms with van der Waals surface area (Å²) in [6, 6.07) is 6.45. The second-order valence-electron chi connectivity index (χ2n) is 5.07. The highest BCUT2D eigenvalue weighted by atomic mass is 35.5. The Morgan fingerprint density at radius 2 is 1.95 bits per heavy atom. The lowest BCUT2D eigenvalue weighted by molar-refractivity contribution is -0.130. The highest BCUT2D eigenvalue weighted by molar-refractivity contribution is 7.91. The minimum absolute atomic E-state index is 0.0786. The minimum atomic E-state index is -3.19. The normalized spacial score (nSPS) is 29.9. The zero-order chi connectivity index (χ0) is 15.0. The van der Waals surface area contributed by atoms with Crippen molar-refractivity contribution in [3.8, 4) is 11.5 Å². The van der Waals surface area contributed by atoms with Crippen LogP contribution in [0.2, 0.25) is 0 Å². The lowest BCUT2D eigenvalue weighted by Crippen LogP contribution is -2.50. The zero-order valence-electron chi connectivity index (χ0n) is 11.0. The van der Waals surface area contributed by atoms with Crippen LogP contribution in [0.25, 0.3) is 0 Å². The van der Waals surface area contributed by atoms with Crippen molar-refractivity contribution in [2.24, 2.45) is 0 Å². The van der Waals surface area contributed by atoms with Crippen LogP contribution in [0.4, 0.5) is 0 Å². The standard InChI is InChI=1S/C13H14ClNO5S/c14-8-6-21(17,18)7-9(8)15-13(16)12-5-19-10-3-1-2-4-11(10)20-12/h1-4,8-9,12H,5-7H2,(H,15,16). The number of sulfone groups is 1. The first kappa shape index (κ1) is 14.5. The van der Waals surface area contributed by atoms with Gasteiger partial charge in [-0.15, -0.1) is 11.6 Å². The van der Waals surface area contributed by atoms with E-state index in [2.05, 4.69) is 5.32 Å². The van der Waals surface area contributed by atoms with Gasteiger partial charge in [0.05, 0.1) is 22.9 Å². The Morgan fingerprint density at radius 1 is 1.24 bits per heavy atom. The maximum atomic E-state index is 12.2. The molecule has 0 aromatic heterocycles. The van der Waals surface area contributed by atoms with Crippen LogP contribution < -0.4 is 14.8 Å². The van der Waals surface area contributed by atoms with Gasteiger partial charge in [0.15, 0.2) is 21.3 Å². The monoisotopic (exact) mass is 331 g/mol. The predicted molar refractivity (Wildman–Crippen MR) is 76.6 cm³/mol. The molecular formula is C13H14ClNO5S. The fourth-order valence-electron chi connectivity index (χ4n) is 2.36. The molecule has 2 heterocycles. The summed E-state index contributed by atoms with van der Waals surface area (Å²) in [5.74, 6) is 0.393. The van der Waals surface area contributed by atoms with E-state index in [1.165, 1.54) is 0 Å². The van der Waals surface area contributed by atoms with Gasteiger partial charge in [-0.1, -0.05) is 12.1 Å². The van der Waals surface area contributed by atoms with Gasteiger partial charge in [-0.05, 0) is 12.1 Å². The number of fused-ring (bicyclic) bond motifs is 1. The summed E-state index contributed by atoms with van der Waals surface area (Å²) in [5.41, 5.74) is 0. The number of alkyl halides is 1. The average molecular weight is 332 g/mol. The second kappa shape index (κ2) is 5.38. The van der Waals surface area contributed by atoms with Crippen LogP contribution in [-0.4, -0.2) is 50.0 Å². The summed E-state index contributed by atoms with van der Waals surface area (Å²) in [6.07, 6.45) is -0.813. The number of amides is 1. The smallest absolute Gasteiger partial charge is 0.264 e. The predicted octanol–water partition coefficient (Wildman–Crippen LogP) is 0.347. The summed E-state index contributed by atoms with van der Waals surface area (Å²) >= 11 is 5.96. The van der Waals surface area contributed by atoms with Crippen molar-refractivity contribution in [3.05, 3.63) is 24.3 Å². The molecule has 1 aromatic rings. The van der Waals surface area contributed by atoms with E-state index in [0.717, 1.165) is 0 Å². The van der Waals surface area contributed by atoms with Gasteiger partial charge in [0, 0.05) is 0 Å². The molecule has 2 aliphatic rings. The van der Waals surface area contributed by atoms with Crippen LogP contribution in [0, 0.1) is 0 Å². The van der Waals surface area contributed by atoms with Gasteiger partial charge in [-0.25, -0.2) is 8.42 Å². The van der Waals surface area contributed by atoms with E-state index in [1.807, 2.05) is 6.07 Å². The number of hydrogen-bond acceptors (Lipinski definition) is 5. The molecule has 3 atom stereocenters. The highest BCUT2D eigenvalue weighted by Gasteiger charge is 2.39. The number of carbonyl (C=O) groups is 1. The Labute approximate surface area is 127 Å². The first-order valence-corrected chi connectivity index (χ1v) is 8.74. The minimum Gasteiger partial charge on any atom is -0.485 e. The summed E-state index contributed by atoms with van der Waals surface area (Å²) in [4.78, 5) is 12.2. The van der Waals surface area contributed by atoms with Crippen LogP contribution in [-0.2, 0) is 14.6 Å². The molecule has 1 amide bonds. The van der Waals surface area contributed by atoms with E-state index >= 15 is 0 Å². The second-order valence-corrected chi connectivity index (χ2v) is 7.79. The average Bonchev–Trinajstić information content (AvgIpc) is 2.70. The molecule has 0 saturated carbocycles. The van der Waals surface area contributed by atoms with Gasteiger partial charge in [0.2, 0.25) is 6.10 Å². The Morgan fingerprint density at radius 3 is 2.62 bits per heavy atom. The highest BCUT2D eigenvalue weighted by Crippen LogP contribution is 2.31. The van der Waals surface area contributed by atoms with Gasteiger partial charge in [0.25, 0.3) is 5.91 Å². The number of para-hydroxylation sites is 2. The van der Waals surface area contributed by atoms with Crippen molar-refractivity contribution in [1.29, 1.82) is 0 Å². The van der Waals surface area contributed by atoms with Crippen molar-refractivity contribution in [1.82, 2.24) is 5.32 Å². The number of rotatable bonds is 2. The summed E-state index contributed by atoms with van der Waals surface area (Å²) < 4.78 is 34.0. The molecule has 3 rings (SSSR count). The topological polar surface area (TPSA) is 81.7 Å². The van der Waals surface area contributed by atoms with Crippen molar-refractivity contribution >= 4 is 27.3 Å². The molecule has 1 aromatic carbocycles. The Bertz CT molecular complexity index is 662. The summed E-state index contributed by atoms with van der Waals surface area (Å²) in [5, 5.41) is 2.01. The van der Waals surface area contributed by atoms with Crippen molar-refractivity contribution in [2.45, 2.75) is 17.5 Å². The van der Waals surface area contributed by atoms with Gasteiger partial charge < -0.3 is 14.8 Å². The van der Waals surface area contributed by atoms with E-state index in [9.17, 15) is 13.2 Å². The van der Waals surface area contributed by atoms with Crippen LogP contribution in [0.1, 0.15) is 0 Å². The summed E-state index contributed by atoms with van der Waals surface area (Å²) in [6.45, 7) is 0.0786. The molecule has 8 heteroatoms. The van der Waals surface area contributed by atoms with E-state index < -0.39 is 33.3 Å². The lowest BCUT2D eigenvalue weighted by Gasteiger charge is -2.26. The molecule has 1 N–H and O–H groups in total. The third-order valence-corrected chi connectivity index (χ3v) is 5.79. The van der Waals surface area contributed by atoms with Gasteiger partial charge in [-0.2, -0.15) is 0 Å². The molecule has 114 valence electrons. The largest absolute Gasteiger partial charge is 0.485 e. The molecule has 0 spiro atoms. The van der Waals surface area contributed by atoms with Crippen LogP contribution in [0.3, 0.4) is 0 Å². The molecule has 2 aliphatic heterocycles. The van der Waals surface area contributed by atoms with Gasteiger partial charge in [-0.3, -0.25) is 4.79 Å². The number of halogens is 1. The number of benzene rings is 1. The van der Waals surface area contributed by atoms with E-state index in [4.69, 9.17) is 21.1 Å². The maximum Gasteiger partial charge on any atom is 0.264 e. The fraction of sp³-hybridized carbons (Fsp3) is 0.462. The van der Waals surface area contributed by atoms with E-state index in [0.29, 0.717) is 11.5 Å². The molecular weight excluding hydrogens is 318 g/mol. The molecule has 21 heavy (non-hydrogen) atoms. The maximum absolute atomic E-state index is 12.2. The number of ether oxygens (including phenoxy) is 2. The van der Waals surface area contributed by atoms with Gasteiger partial charge >= 0.3 is 0 Å². The van der Waals surface area contributed by atoms with Gasteiger partial charge in [0.1, 0.15) is 6.61 Å². The third-order valence-electron chi connectivity index (χ3n) is 3.41. The van der Waals surface area contributed by atoms with Crippen LogP contribution >= 0.6 is 11.6 Å². The molecule has 0 aliphatic carbocycles. The van der Waals surface area contributed by atoms with E-state index in [1.54, 1.807) is 18.2 Å². The summed E-state index contributed by atoms with van der Waals surface area (Å²) in [7, 11) is -3.19. The molecule has 0 bridgehead atoms. The number of carbonyl (C=O) groups excluding carboxylic acids is 1. The quantitative estimate of drug-likeness (QED) is 0.791. The first-order valence-electron chi connectivity index (χ1n) is 6.48. The van der Waals surface area contributed by atoms with Crippen molar-refractivity contribution in [2.75, 3.05) is 18.1 Å². The van der Waals surface area contributed by atoms with Crippen LogP contribution in [0.5, 0.6) is 11.5 Å². The van der Waals surface area contributed by atoms with Crippen molar-refractivity contribution < 1.29 is 22.7 Å². The third kappa shape index (κ3) is 3.08. The molecule has 1 saturated heterocycles. The zero-order valence-corrected chi connectivity index (χ0v) is 12.6. The molecule has 6 nitrogen and oxygen atoms in total. The first-order chi connectivity index (χ1) is 9.94. The Kier molecular flexibility index (Phi) is 3.71.